The summed E-state index contributed by atoms with van der Waals surface area (Å²) in [7, 11) is 0. The number of hydrogen-bond acceptors (Lipinski definition) is 5. The predicted octanol–water partition coefficient (Wildman–Crippen LogP) is 0.798. The first-order valence-corrected chi connectivity index (χ1v) is 6.00. The maximum Gasteiger partial charge on any atom is 0.226 e. The highest BCUT2D eigenvalue weighted by molar-refractivity contribution is 7.98. The van der Waals surface area contributed by atoms with Gasteiger partial charge in [0.25, 0.3) is 0 Å². The molecule has 0 spiro atoms. The van der Waals surface area contributed by atoms with Gasteiger partial charge in [-0.05, 0) is 24.8 Å². The van der Waals surface area contributed by atoms with Crippen molar-refractivity contribution in [2.24, 2.45) is 5.92 Å². The van der Waals surface area contributed by atoms with Crippen molar-refractivity contribution in [1.82, 2.24) is 5.32 Å². The molecule has 1 aromatic heterocycles. The lowest BCUT2D eigenvalue weighted by Crippen LogP contribution is -2.43. The summed E-state index contributed by atoms with van der Waals surface area (Å²) in [5.74, 6) is 2.81. The fraction of sp³-hybridized carbons (Fsp3) is 0.500. The summed E-state index contributed by atoms with van der Waals surface area (Å²) in [4.78, 5) is 11.1. The van der Waals surface area contributed by atoms with E-state index >= 15 is 0 Å². The molecule has 0 radical (unpaired) electrons. The second kappa shape index (κ2) is 4.72. The van der Waals surface area contributed by atoms with Crippen molar-refractivity contribution in [3.05, 3.63) is 28.3 Å². The van der Waals surface area contributed by atoms with E-state index in [-0.39, 0.29) is 11.2 Å². The van der Waals surface area contributed by atoms with Gasteiger partial charge >= 0.3 is 0 Å². The standard InChI is InChI=1S/C10H13NO3S/c12-9-1-8(14-4-10(9)13)6-15-5-7-2-11-3-7/h1,4,7,11,13H,2-3,5-6H2. The van der Waals surface area contributed by atoms with Crippen LogP contribution in [-0.4, -0.2) is 23.9 Å². The molecule has 0 unspecified atom stereocenters. The molecule has 2 N–H and O–H groups in total. The van der Waals surface area contributed by atoms with Crippen molar-refractivity contribution in [3.63, 3.8) is 0 Å². The molecule has 1 saturated heterocycles. The van der Waals surface area contributed by atoms with E-state index in [4.69, 9.17) is 9.52 Å². The van der Waals surface area contributed by atoms with Crippen LogP contribution in [0.3, 0.4) is 0 Å². The highest BCUT2D eigenvalue weighted by atomic mass is 32.2. The maximum atomic E-state index is 11.1. The van der Waals surface area contributed by atoms with Gasteiger partial charge < -0.3 is 14.8 Å². The van der Waals surface area contributed by atoms with Gasteiger partial charge in [-0.3, -0.25) is 4.79 Å². The molecule has 0 atom stereocenters. The lowest BCUT2D eigenvalue weighted by atomic mass is 10.1. The van der Waals surface area contributed by atoms with E-state index in [1.165, 1.54) is 6.07 Å². The highest BCUT2D eigenvalue weighted by Gasteiger charge is 2.16. The predicted molar refractivity (Wildman–Crippen MR) is 59.2 cm³/mol. The minimum Gasteiger partial charge on any atom is -0.502 e. The third kappa shape index (κ3) is 2.76. The normalized spacial score (nSPS) is 16.3. The van der Waals surface area contributed by atoms with Crippen LogP contribution < -0.4 is 10.7 Å². The third-order valence-corrected chi connectivity index (χ3v) is 3.53. The third-order valence-electron chi connectivity index (χ3n) is 2.33. The zero-order valence-corrected chi connectivity index (χ0v) is 9.05. The van der Waals surface area contributed by atoms with Gasteiger partial charge in [0.1, 0.15) is 12.0 Å². The Morgan fingerprint density at radius 3 is 3.00 bits per heavy atom. The molecule has 15 heavy (non-hydrogen) atoms. The lowest BCUT2D eigenvalue weighted by Gasteiger charge is -2.26. The molecule has 2 heterocycles. The Kier molecular flexibility index (Phi) is 3.33. The van der Waals surface area contributed by atoms with Crippen molar-refractivity contribution in [2.45, 2.75) is 5.75 Å². The van der Waals surface area contributed by atoms with Crippen LogP contribution in [0, 0.1) is 5.92 Å². The van der Waals surface area contributed by atoms with E-state index in [2.05, 4.69) is 5.32 Å². The van der Waals surface area contributed by atoms with E-state index < -0.39 is 0 Å². The number of hydrogen-bond donors (Lipinski definition) is 2. The maximum absolute atomic E-state index is 11.1. The first-order valence-electron chi connectivity index (χ1n) is 4.85. The van der Waals surface area contributed by atoms with Gasteiger partial charge in [-0.1, -0.05) is 0 Å². The molecule has 0 amide bonds. The zero-order valence-electron chi connectivity index (χ0n) is 8.23. The summed E-state index contributed by atoms with van der Waals surface area (Å²) in [6.45, 7) is 2.18. The van der Waals surface area contributed by atoms with Gasteiger partial charge in [-0.15, -0.1) is 0 Å². The lowest BCUT2D eigenvalue weighted by molar-refractivity contribution is 0.385. The van der Waals surface area contributed by atoms with Gasteiger partial charge in [-0.25, -0.2) is 0 Å². The van der Waals surface area contributed by atoms with Crippen LogP contribution in [0.1, 0.15) is 5.76 Å². The molecule has 1 aliphatic heterocycles. The summed E-state index contributed by atoms with van der Waals surface area (Å²) in [5.41, 5.74) is -0.373. The molecule has 0 bridgehead atoms. The van der Waals surface area contributed by atoms with Gasteiger partial charge in [0.05, 0.1) is 5.75 Å². The van der Waals surface area contributed by atoms with Crippen molar-refractivity contribution in [3.8, 4) is 5.75 Å². The quantitative estimate of drug-likeness (QED) is 0.796. The molecule has 0 saturated carbocycles. The van der Waals surface area contributed by atoms with Crippen LogP contribution in [0.25, 0.3) is 0 Å². The largest absolute Gasteiger partial charge is 0.502 e. The fourth-order valence-corrected chi connectivity index (χ4v) is 2.35. The van der Waals surface area contributed by atoms with Crippen LogP contribution >= 0.6 is 11.8 Å². The second-order valence-corrected chi connectivity index (χ2v) is 4.67. The molecule has 1 fully saturated rings. The van der Waals surface area contributed by atoms with Crippen LogP contribution in [-0.2, 0) is 5.75 Å². The van der Waals surface area contributed by atoms with E-state index in [0.717, 1.165) is 31.0 Å². The average Bonchev–Trinajstić information content (AvgIpc) is 2.15. The molecular formula is C10H13NO3S. The Morgan fingerprint density at radius 2 is 2.40 bits per heavy atom. The Balaban J connectivity index is 1.82. The molecule has 5 heteroatoms. The van der Waals surface area contributed by atoms with Crippen molar-refractivity contribution in [2.75, 3.05) is 18.8 Å². The van der Waals surface area contributed by atoms with Gasteiger partial charge in [0, 0.05) is 6.07 Å². The van der Waals surface area contributed by atoms with E-state index in [9.17, 15) is 4.79 Å². The molecule has 4 nitrogen and oxygen atoms in total. The number of nitrogens with one attached hydrogen (secondary N) is 1. The van der Waals surface area contributed by atoms with E-state index in [1.807, 2.05) is 0 Å². The topological polar surface area (TPSA) is 62.5 Å². The van der Waals surface area contributed by atoms with E-state index in [0.29, 0.717) is 11.5 Å². The molecule has 1 aromatic rings. The number of aromatic hydroxyl groups is 1. The summed E-state index contributed by atoms with van der Waals surface area (Å²) < 4.78 is 5.09. The smallest absolute Gasteiger partial charge is 0.226 e. The Morgan fingerprint density at radius 1 is 1.60 bits per heavy atom. The molecular weight excluding hydrogens is 214 g/mol. The Labute approximate surface area is 91.7 Å². The van der Waals surface area contributed by atoms with Crippen LogP contribution in [0.15, 0.2) is 21.5 Å². The minimum absolute atomic E-state index is 0.327. The van der Waals surface area contributed by atoms with Crippen LogP contribution in [0.4, 0.5) is 0 Å². The second-order valence-electron chi connectivity index (χ2n) is 3.64. The van der Waals surface area contributed by atoms with E-state index in [1.54, 1.807) is 11.8 Å². The van der Waals surface area contributed by atoms with Crippen LogP contribution in [0.5, 0.6) is 5.75 Å². The van der Waals surface area contributed by atoms with Crippen molar-refractivity contribution in [1.29, 1.82) is 0 Å². The Bertz CT molecular complexity index is 386. The van der Waals surface area contributed by atoms with Crippen molar-refractivity contribution < 1.29 is 9.52 Å². The van der Waals surface area contributed by atoms with Gasteiger partial charge in [0.15, 0.2) is 5.75 Å². The van der Waals surface area contributed by atoms with Gasteiger partial charge in [0.2, 0.25) is 5.43 Å². The highest BCUT2D eigenvalue weighted by Crippen LogP contribution is 2.17. The molecule has 2 rings (SSSR count). The SMILES string of the molecule is O=c1cc(CSCC2CNC2)occ1O. The van der Waals surface area contributed by atoms with Crippen molar-refractivity contribution >= 4 is 11.8 Å². The number of thioether (sulfide) groups is 1. The average molecular weight is 227 g/mol. The zero-order chi connectivity index (χ0) is 10.7. The summed E-state index contributed by atoms with van der Waals surface area (Å²) in [6.07, 6.45) is 1.10. The molecule has 82 valence electrons. The first kappa shape index (κ1) is 10.6. The molecule has 1 aliphatic rings. The molecule has 0 aliphatic carbocycles. The summed E-state index contributed by atoms with van der Waals surface area (Å²) >= 11 is 1.75. The monoisotopic (exact) mass is 227 g/mol. The van der Waals surface area contributed by atoms with Crippen LogP contribution in [0.2, 0.25) is 0 Å². The summed E-state index contributed by atoms with van der Waals surface area (Å²) in [5, 5.41) is 12.2. The summed E-state index contributed by atoms with van der Waals surface area (Å²) in [6, 6.07) is 1.35. The minimum atomic E-state index is -0.373. The Hall–Kier alpha value is -0.940. The first-order chi connectivity index (χ1) is 7.25. The number of rotatable bonds is 4. The molecule has 0 aromatic carbocycles. The fourth-order valence-electron chi connectivity index (χ4n) is 1.31. The van der Waals surface area contributed by atoms with Gasteiger partial charge in [-0.2, -0.15) is 11.8 Å².